The van der Waals surface area contributed by atoms with Crippen molar-refractivity contribution in [3.8, 4) is 0 Å². The molecule has 20 heavy (non-hydrogen) atoms. The summed E-state index contributed by atoms with van der Waals surface area (Å²) in [7, 11) is 0. The molecule has 2 fully saturated rings. The van der Waals surface area contributed by atoms with Crippen LogP contribution in [-0.2, 0) is 6.61 Å². The number of nitrogens with zero attached hydrogens (tertiary/aromatic N) is 4. The number of likely N-dealkylation sites (tertiary alicyclic amines) is 1. The first kappa shape index (κ1) is 13.8. The van der Waals surface area contributed by atoms with E-state index in [9.17, 15) is 0 Å². The zero-order valence-electron chi connectivity index (χ0n) is 12.0. The Kier molecular flexibility index (Phi) is 4.47. The molecular weight excluding hydrogens is 252 g/mol. The van der Waals surface area contributed by atoms with Crippen LogP contribution in [0.25, 0.3) is 0 Å². The van der Waals surface area contributed by atoms with Gasteiger partial charge in [-0.2, -0.15) is 0 Å². The highest BCUT2D eigenvalue weighted by Crippen LogP contribution is 2.22. The minimum atomic E-state index is 0.0121. The summed E-state index contributed by atoms with van der Waals surface area (Å²) in [6, 6.07) is 0. The molecule has 0 bridgehead atoms. The van der Waals surface area contributed by atoms with Gasteiger partial charge in [-0.05, 0) is 44.7 Å². The number of piperidine rings is 1. The third-order valence-corrected chi connectivity index (χ3v) is 4.49. The minimum Gasteiger partial charge on any atom is -0.392 e. The number of hydrogen-bond acceptors (Lipinski definition) is 5. The molecule has 110 valence electrons. The Balaban J connectivity index is 1.49. The van der Waals surface area contributed by atoms with Crippen molar-refractivity contribution < 1.29 is 5.11 Å². The predicted octanol–water partition coefficient (Wildman–Crippen LogP) is 1.28. The van der Waals surface area contributed by atoms with E-state index in [2.05, 4.69) is 19.8 Å². The molecular formula is C15H24N4O. The van der Waals surface area contributed by atoms with Crippen molar-refractivity contribution in [3.05, 3.63) is 18.0 Å². The van der Waals surface area contributed by atoms with Crippen molar-refractivity contribution in [3.63, 3.8) is 0 Å². The van der Waals surface area contributed by atoms with Gasteiger partial charge in [0.2, 0.25) is 5.95 Å². The summed E-state index contributed by atoms with van der Waals surface area (Å²) in [6.45, 7) is 5.99. The molecule has 0 unspecified atom stereocenters. The van der Waals surface area contributed by atoms with Gasteiger partial charge in [0.1, 0.15) is 0 Å². The smallest absolute Gasteiger partial charge is 0.225 e. The number of aliphatic hydroxyl groups is 1. The van der Waals surface area contributed by atoms with Crippen LogP contribution >= 0.6 is 0 Å². The zero-order valence-corrected chi connectivity index (χ0v) is 12.0. The first-order valence-electron chi connectivity index (χ1n) is 7.74. The van der Waals surface area contributed by atoms with Gasteiger partial charge in [-0.3, -0.25) is 0 Å². The normalized spacial score (nSPS) is 21.6. The molecule has 3 rings (SSSR count). The van der Waals surface area contributed by atoms with Crippen LogP contribution in [-0.4, -0.2) is 52.7 Å². The molecule has 2 aliphatic rings. The molecule has 1 N–H and O–H groups in total. The molecule has 0 atom stereocenters. The van der Waals surface area contributed by atoms with Crippen LogP contribution in [0.3, 0.4) is 0 Å². The maximum absolute atomic E-state index is 9.01. The van der Waals surface area contributed by atoms with E-state index in [1.54, 1.807) is 12.4 Å². The first-order valence-corrected chi connectivity index (χ1v) is 7.74. The quantitative estimate of drug-likeness (QED) is 0.898. The number of hydrogen-bond donors (Lipinski definition) is 1. The van der Waals surface area contributed by atoms with Crippen LogP contribution in [0.4, 0.5) is 5.95 Å². The van der Waals surface area contributed by atoms with Gasteiger partial charge in [-0.1, -0.05) is 0 Å². The second kappa shape index (κ2) is 6.50. The molecule has 0 amide bonds. The molecule has 2 saturated heterocycles. The molecule has 5 nitrogen and oxygen atoms in total. The van der Waals surface area contributed by atoms with E-state index in [4.69, 9.17) is 5.11 Å². The average Bonchev–Trinajstić information content (AvgIpc) is 3.01. The summed E-state index contributed by atoms with van der Waals surface area (Å²) in [6.07, 6.45) is 8.67. The third-order valence-electron chi connectivity index (χ3n) is 4.49. The summed E-state index contributed by atoms with van der Waals surface area (Å²) in [5.74, 6) is 1.64. The number of aliphatic hydroxyl groups excluding tert-OH is 1. The Bertz CT molecular complexity index is 408. The summed E-state index contributed by atoms with van der Waals surface area (Å²) in [5.41, 5.74) is 0.776. The van der Waals surface area contributed by atoms with E-state index in [1.807, 2.05) is 0 Å². The predicted molar refractivity (Wildman–Crippen MR) is 78.6 cm³/mol. The lowest BCUT2D eigenvalue weighted by Gasteiger charge is -2.33. The van der Waals surface area contributed by atoms with Crippen molar-refractivity contribution >= 4 is 5.95 Å². The molecule has 0 aliphatic carbocycles. The lowest BCUT2D eigenvalue weighted by Crippen LogP contribution is -2.38. The Hall–Kier alpha value is -1.20. The van der Waals surface area contributed by atoms with Gasteiger partial charge in [0.05, 0.1) is 6.61 Å². The van der Waals surface area contributed by atoms with Crippen LogP contribution in [0, 0.1) is 5.92 Å². The van der Waals surface area contributed by atoms with Crippen molar-refractivity contribution in [1.29, 1.82) is 0 Å². The fourth-order valence-electron chi connectivity index (χ4n) is 3.24. The Morgan fingerprint density at radius 3 is 2.30 bits per heavy atom. The van der Waals surface area contributed by atoms with Gasteiger partial charge in [0, 0.05) is 37.6 Å². The van der Waals surface area contributed by atoms with Crippen molar-refractivity contribution in [2.24, 2.45) is 5.92 Å². The fraction of sp³-hybridized carbons (Fsp3) is 0.733. The zero-order chi connectivity index (χ0) is 13.8. The Labute approximate surface area is 120 Å². The number of aromatic nitrogens is 2. The standard InChI is InChI=1S/C15H24N4O/c20-12-14-9-16-15(17-10-14)19-7-3-13(4-8-19)11-18-5-1-2-6-18/h9-10,13,20H,1-8,11-12H2. The average molecular weight is 276 g/mol. The summed E-state index contributed by atoms with van der Waals surface area (Å²) in [4.78, 5) is 13.6. The lowest BCUT2D eigenvalue weighted by atomic mass is 9.96. The molecule has 1 aromatic heterocycles. The van der Waals surface area contributed by atoms with Gasteiger partial charge in [0.25, 0.3) is 0 Å². The Morgan fingerprint density at radius 1 is 1.05 bits per heavy atom. The second-order valence-electron chi connectivity index (χ2n) is 5.99. The molecule has 0 radical (unpaired) electrons. The maximum Gasteiger partial charge on any atom is 0.225 e. The van der Waals surface area contributed by atoms with E-state index in [0.29, 0.717) is 0 Å². The highest BCUT2D eigenvalue weighted by molar-refractivity contribution is 5.30. The van der Waals surface area contributed by atoms with Crippen molar-refractivity contribution in [2.45, 2.75) is 32.3 Å². The second-order valence-corrected chi connectivity index (χ2v) is 5.99. The molecule has 0 saturated carbocycles. The first-order chi connectivity index (χ1) is 9.85. The van der Waals surface area contributed by atoms with Gasteiger partial charge in [0.15, 0.2) is 0 Å². The molecule has 2 aliphatic heterocycles. The lowest BCUT2D eigenvalue weighted by molar-refractivity contribution is 0.249. The van der Waals surface area contributed by atoms with Crippen LogP contribution in [0.1, 0.15) is 31.2 Å². The third kappa shape index (κ3) is 3.27. The van der Waals surface area contributed by atoms with Gasteiger partial charge in [-0.15, -0.1) is 0 Å². The summed E-state index contributed by atoms with van der Waals surface area (Å²) < 4.78 is 0. The fourth-order valence-corrected chi connectivity index (χ4v) is 3.24. The van der Waals surface area contributed by atoms with Crippen LogP contribution < -0.4 is 4.90 Å². The van der Waals surface area contributed by atoms with E-state index in [0.717, 1.165) is 30.5 Å². The van der Waals surface area contributed by atoms with Crippen LogP contribution in [0.2, 0.25) is 0 Å². The topological polar surface area (TPSA) is 52.5 Å². The highest BCUT2D eigenvalue weighted by Gasteiger charge is 2.23. The largest absolute Gasteiger partial charge is 0.392 e. The van der Waals surface area contributed by atoms with E-state index >= 15 is 0 Å². The van der Waals surface area contributed by atoms with Crippen LogP contribution in [0.15, 0.2) is 12.4 Å². The van der Waals surface area contributed by atoms with Gasteiger partial charge >= 0.3 is 0 Å². The van der Waals surface area contributed by atoms with E-state index < -0.39 is 0 Å². The van der Waals surface area contributed by atoms with Gasteiger partial charge in [-0.25, -0.2) is 9.97 Å². The molecule has 1 aromatic rings. The number of anilines is 1. The SMILES string of the molecule is OCc1cnc(N2CCC(CN3CCCC3)CC2)nc1. The maximum atomic E-state index is 9.01. The molecule has 3 heterocycles. The minimum absolute atomic E-state index is 0.0121. The number of rotatable bonds is 4. The Morgan fingerprint density at radius 2 is 1.70 bits per heavy atom. The molecule has 5 heteroatoms. The summed E-state index contributed by atoms with van der Waals surface area (Å²) >= 11 is 0. The molecule has 0 spiro atoms. The monoisotopic (exact) mass is 276 g/mol. The van der Waals surface area contributed by atoms with Crippen molar-refractivity contribution in [2.75, 3.05) is 37.6 Å². The van der Waals surface area contributed by atoms with E-state index in [1.165, 1.54) is 45.3 Å². The highest BCUT2D eigenvalue weighted by atomic mass is 16.3. The van der Waals surface area contributed by atoms with Crippen LogP contribution in [0.5, 0.6) is 0 Å². The van der Waals surface area contributed by atoms with Gasteiger partial charge < -0.3 is 14.9 Å². The van der Waals surface area contributed by atoms with E-state index in [-0.39, 0.29) is 6.61 Å². The molecule has 0 aromatic carbocycles. The van der Waals surface area contributed by atoms with Crippen molar-refractivity contribution in [1.82, 2.24) is 14.9 Å². The summed E-state index contributed by atoms with van der Waals surface area (Å²) in [5, 5.41) is 9.01.